The zero-order valence-electron chi connectivity index (χ0n) is 53.8. The molecule has 11 aromatic carbocycles. The van der Waals surface area contributed by atoms with E-state index in [1.165, 1.54) is 219 Å². The van der Waals surface area contributed by atoms with Gasteiger partial charge in [0.15, 0.2) is 0 Å². The molecule has 0 unspecified atom stereocenters. The van der Waals surface area contributed by atoms with Crippen molar-refractivity contribution in [3.63, 3.8) is 0 Å². The van der Waals surface area contributed by atoms with Crippen LogP contribution in [0.4, 0.5) is 0 Å². The quantitative estimate of drug-likeness (QED) is 0.120. The van der Waals surface area contributed by atoms with Crippen molar-refractivity contribution in [1.29, 1.82) is 0 Å². The summed E-state index contributed by atoms with van der Waals surface area (Å²) in [5.74, 6) is 7.03. The Morgan fingerprint density at radius 1 is 0.385 bits per heavy atom. The lowest BCUT2D eigenvalue weighted by Crippen LogP contribution is -2.59. The molecule has 0 amide bonds. The van der Waals surface area contributed by atoms with Crippen molar-refractivity contribution in [3.05, 3.63) is 210 Å². The lowest BCUT2D eigenvalue weighted by molar-refractivity contribution is -0.00518. The van der Waals surface area contributed by atoms with Crippen LogP contribution in [0, 0.1) is 41.4 Å². The molecule has 2 nitrogen and oxygen atoms in total. The average molecular weight is 1180 g/mol. The summed E-state index contributed by atoms with van der Waals surface area (Å²) in [4.78, 5) is 0. The zero-order chi connectivity index (χ0) is 60.3. The van der Waals surface area contributed by atoms with E-state index < -0.39 is 0 Å². The van der Waals surface area contributed by atoms with Crippen LogP contribution < -0.4 is 16.4 Å². The Morgan fingerprint density at radius 2 is 0.901 bits per heavy atom. The highest BCUT2D eigenvalue weighted by molar-refractivity contribution is 7.00. The molecule has 13 aromatic rings. The molecule has 0 atom stereocenters. The van der Waals surface area contributed by atoms with Crippen LogP contribution in [0.3, 0.4) is 0 Å². The number of hydrogen-bond donors (Lipinski definition) is 0. The smallest absolute Gasteiger partial charge is 0.252 e. The van der Waals surface area contributed by atoms with Crippen LogP contribution in [0.2, 0.25) is 0 Å². The zero-order valence-corrected chi connectivity index (χ0v) is 53.8. The average Bonchev–Trinajstić information content (AvgIpc) is 1.54. The van der Waals surface area contributed by atoms with E-state index in [1.54, 1.807) is 11.1 Å². The third-order valence-electron chi connectivity index (χ3n) is 25.9. The van der Waals surface area contributed by atoms with Crippen LogP contribution >= 0.6 is 0 Å². The van der Waals surface area contributed by atoms with Crippen molar-refractivity contribution in [1.82, 2.24) is 9.13 Å². The first kappa shape index (κ1) is 52.5. The lowest BCUT2D eigenvalue weighted by Gasteiger charge is -2.57. The molecule has 2 aromatic heterocycles. The molecule has 2 aliphatic heterocycles. The molecule has 8 bridgehead atoms. The Balaban J connectivity index is 0.867. The minimum Gasteiger partial charge on any atom is -0.310 e. The number of hydrogen-bond acceptors (Lipinski definition) is 0. The predicted molar refractivity (Wildman–Crippen MR) is 386 cm³/mol. The van der Waals surface area contributed by atoms with Gasteiger partial charge in [-0.2, -0.15) is 0 Å². The molecule has 23 rings (SSSR count). The van der Waals surface area contributed by atoms with Crippen LogP contribution in [-0.2, 0) is 16.2 Å². The van der Waals surface area contributed by atoms with Crippen molar-refractivity contribution in [2.45, 2.75) is 134 Å². The molecule has 91 heavy (non-hydrogen) atoms. The lowest BCUT2D eigenvalue weighted by atomic mass is 9.34. The van der Waals surface area contributed by atoms with E-state index in [2.05, 4.69) is 239 Å². The van der Waals surface area contributed by atoms with Gasteiger partial charge in [-0.25, -0.2) is 0 Å². The Morgan fingerprint density at radius 3 is 1.53 bits per heavy atom. The van der Waals surface area contributed by atoms with Gasteiger partial charge >= 0.3 is 0 Å². The molecule has 10 aliphatic rings. The summed E-state index contributed by atoms with van der Waals surface area (Å²) in [5.41, 5.74) is 26.1. The standard InChI is InChI=1S/C88H79BN2/c1-86(2,3)61-29-31-75-71(43-61)72-44-62(87(4,5)6)45-74-85(72)90(75)77-41-59(42-78-83(77)89(74)73-20-12-19-70-82-76(91(78)84(70)73)32-30-69-67-15-8-7-13-65(67)66-14-9-10-16-68(66)81(69)82)80-63(54-21-23-56(24-22-54)79-57-37-49-33-50(39-57)40-58(79)38-49)17-11-18-64(80)55-25-27-60(28-26-55)88-46-51-34-52(47-88)36-53(35-51)48-88/h7-32,41-45,49-53,57-58,79H,33-40,46-48H2,1-6H3. The maximum absolute atomic E-state index is 2.75. The fourth-order valence-corrected chi connectivity index (χ4v) is 22.7. The molecule has 8 fully saturated rings. The summed E-state index contributed by atoms with van der Waals surface area (Å²) in [7, 11) is 0. The molecule has 444 valence electrons. The number of para-hydroxylation sites is 1. The van der Waals surface area contributed by atoms with Crippen LogP contribution in [-0.4, -0.2) is 15.8 Å². The fraction of sp³-hybridized carbons (Fsp3) is 0.318. The van der Waals surface area contributed by atoms with Crippen molar-refractivity contribution in [2.24, 2.45) is 41.4 Å². The van der Waals surface area contributed by atoms with Gasteiger partial charge in [0.2, 0.25) is 0 Å². The Kier molecular flexibility index (Phi) is 10.5. The normalized spacial score (nSPS) is 25.0. The van der Waals surface area contributed by atoms with E-state index in [1.807, 2.05) is 0 Å². The molecule has 0 spiro atoms. The van der Waals surface area contributed by atoms with Gasteiger partial charge < -0.3 is 9.13 Å². The molecule has 8 saturated carbocycles. The summed E-state index contributed by atoms with van der Waals surface area (Å²) in [6.07, 6.45) is 15.8. The highest BCUT2D eigenvalue weighted by atomic mass is 15.0. The number of fused-ring (bicyclic) bond motifs is 17. The van der Waals surface area contributed by atoms with Crippen LogP contribution in [0.5, 0.6) is 0 Å². The number of rotatable bonds is 5. The maximum atomic E-state index is 2.75. The summed E-state index contributed by atoms with van der Waals surface area (Å²) in [6, 6.07) is 76.5. The molecule has 0 radical (unpaired) electrons. The van der Waals surface area contributed by atoms with Gasteiger partial charge in [0.1, 0.15) is 0 Å². The molecule has 0 saturated heterocycles. The Bertz CT molecular complexity index is 5260. The van der Waals surface area contributed by atoms with Crippen LogP contribution in [0.25, 0.3) is 121 Å². The second kappa shape index (κ2) is 18.1. The summed E-state index contributed by atoms with van der Waals surface area (Å²) >= 11 is 0. The second-order valence-electron chi connectivity index (χ2n) is 33.0. The van der Waals surface area contributed by atoms with Crippen molar-refractivity contribution in [3.8, 4) is 44.8 Å². The van der Waals surface area contributed by atoms with E-state index in [0.717, 1.165) is 41.4 Å². The molecule has 0 N–H and O–H groups in total. The van der Waals surface area contributed by atoms with Crippen molar-refractivity contribution >= 4 is 99.0 Å². The van der Waals surface area contributed by atoms with E-state index in [-0.39, 0.29) is 17.5 Å². The topological polar surface area (TPSA) is 9.86 Å². The monoisotopic (exact) mass is 1170 g/mol. The Labute approximate surface area is 535 Å². The van der Waals surface area contributed by atoms with Crippen LogP contribution in [0.15, 0.2) is 188 Å². The highest BCUT2D eigenvalue weighted by Gasteiger charge is 2.52. The summed E-state index contributed by atoms with van der Waals surface area (Å²) in [5, 5.41) is 13.3. The third-order valence-corrected chi connectivity index (χ3v) is 25.9. The van der Waals surface area contributed by atoms with Gasteiger partial charge in [0.25, 0.3) is 6.71 Å². The van der Waals surface area contributed by atoms with Crippen molar-refractivity contribution in [2.75, 3.05) is 0 Å². The fourth-order valence-electron chi connectivity index (χ4n) is 22.7. The SMILES string of the molecule is CC(C)(C)c1ccc2c(c1)c1cc(C(C)(C)C)cc3c1n2-c1cc(-c2c(-c4ccc(C5C6CC7CC(C6)CC5C7)cc4)cccc2-c2ccc(C45CC6CC(CC(C6)C4)C5)cc2)cc2c1B3c1cccc3c4c5c6ccccc6c6ccccc6c5ccc4n-2c13. The second-order valence-corrected chi connectivity index (χ2v) is 33.0. The third kappa shape index (κ3) is 7.22. The van der Waals surface area contributed by atoms with E-state index >= 15 is 0 Å². The van der Waals surface area contributed by atoms with Gasteiger partial charge in [-0.15, -0.1) is 0 Å². The van der Waals surface area contributed by atoms with E-state index in [0.29, 0.717) is 11.3 Å². The number of nitrogens with zero attached hydrogens (tertiary/aromatic N) is 2. The van der Waals surface area contributed by atoms with Gasteiger partial charge in [0, 0.05) is 49.3 Å². The van der Waals surface area contributed by atoms with Gasteiger partial charge in [0.05, 0.1) is 11.0 Å². The van der Waals surface area contributed by atoms with Gasteiger partial charge in [-0.05, 0) is 270 Å². The molecule has 3 heteroatoms. The summed E-state index contributed by atoms with van der Waals surface area (Å²) in [6.45, 7) is 14.4. The van der Waals surface area contributed by atoms with E-state index in [4.69, 9.17) is 0 Å². The first-order chi connectivity index (χ1) is 44.3. The summed E-state index contributed by atoms with van der Waals surface area (Å²) < 4.78 is 5.50. The predicted octanol–water partition coefficient (Wildman–Crippen LogP) is 21.1. The maximum Gasteiger partial charge on any atom is 0.252 e. The van der Waals surface area contributed by atoms with Gasteiger partial charge in [-0.1, -0.05) is 193 Å². The molecular formula is C88H79BN2. The molecule has 4 heterocycles. The number of benzene rings is 11. The largest absolute Gasteiger partial charge is 0.310 e. The van der Waals surface area contributed by atoms with Crippen LogP contribution in [0.1, 0.15) is 140 Å². The number of aromatic nitrogens is 2. The first-order valence-corrected chi connectivity index (χ1v) is 35.2. The Hall–Kier alpha value is -8.14. The minimum absolute atomic E-state index is 0.00309. The minimum atomic E-state index is -0.0760. The highest BCUT2D eigenvalue weighted by Crippen LogP contribution is 2.62. The first-order valence-electron chi connectivity index (χ1n) is 35.2. The molecule has 8 aliphatic carbocycles. The van der Waals surface area contributed by atoms with Crippen molar-refractivity contribution < 1.29 is 0 Å². The molecular weight excluding hydrogens is 1100 g/mol. The van der Waals surface area contributed by atoms with Gasteiger partial charge in [-0.3, -0.25) is 0 Å². The van der Waals surface area contributed by atoms with E-state index in [9.17, 15) is 0 Å².